The quantitative estimate of drug-likeness (QED) is 0.787. The third-order valence-corrected chi connectivity index (χ3v) is 3.61. The summed E-state index contributed by atoms with van der Waals surface area (Å²) in [6.45, 7) is 1.51. The van der Waals surface area contributed by atoms with E-state index in [1.165, 1.54) is 0 Å². The van der Waals surface area contributed by atoms with Gasteiger partial charge in [0.15, 0.2) is 0 Å². The molecule has 0 spiro atoms. The Kier molecular flexibility index (Phi) is 3.78. The largest absolute Gasteiger partial charge is 0.351 e. The lowest BCUT2D eigenvalue weighted by Crippen LogP contribution is -2.39. The molecule has 5 nitrogen and oxygen atoms in total. The molecule has 1 saturated heterocycles. The predicted molar refractivity (Wildman–Crippen MR) is 76.9 cm³/mol. The highest BCUT2D eigenvalue weighted by Gasteiger charge is 2.21. The van der Waals surface area contributed by atoms with E-state index in [1.807, 2.05) is 30.3 Å². The Morgan fingerprint density at radius 3 is 2.80 bits per heavy atom. The molecule has 1 aromatic heterocycles. The van der Waals surface area contributed by atoms with Crippen LogP contribution in [0.1, 0.15) is 18.4 Å². The van der Waals surface area contributed by atoms with Crippen molar-refractivity contribution in [3.05, 3.63) is 42.1 Å². The first-order chi connectivity index (χ1) is 9.83. The fourth-order valence-electron chi connectivity index (χ4n) is 2.44. The number of carbonyl (C=O) groups is 1. The smallest absolute Gasteiger partial charge is 0.237 e. The van der Waals surface area contributed by atoms with E-state index in [1.54, 1.807) is 6.20 Å². The van der Waals surface area contributed by atoms with Crippen LogP contribution in [0.2, 0.25) is 0 Å². The van der Waals surface area contributed by atoms with Gasteiger partial charge in [-0.1, -0.05) is 24.3 Å². The average molecular weight is 270 g/mol. The fourth-order valence-corrected chi connectivity index (χ4v) is 2.44. The zero-order chi connectivity index (χ0) is 13.8. The minimum atomic E-state index is -0.0146. The molecule has 2 aromatic rings. The molecule has 5 heteroatoms. The van der Waals surface area contributed by atoms with Crippen molar-refractivity contribution >= 4 is 5.91 Å². The number of amides is 1. The van der Waals surface area contributed by atoms with Crippen molar-refractivity contribution in [3.8, 4) is 11.3 Å². The van der Waals surface area contributed by atoms with Gasteiger partial charge in [0.2, 0.25) is 5.91 Å². The van der Waals surface area contributed by atoms with E-state index in [0.29, 0.717) is 6.54 Å². The number of hydrogen-bond donors (Lipinski definition) is 3. The highest BCUT2D eigenvalue weighted by molar-refractivity contribution is 5.82. The molecule has 3 rings (SSSR count). The van der Waals surface area contributed by atoms with Crippen LogP contribution >= 0.6 is 0 Å². The summed E-state index contributed by atoms with van der Waals surface area (Å²) in [4.78, 5) is 11.9. The van der Waals surface area contributed by atoms with Crippen molar-refractivity contribution < 1.29 is 4.79 Å². The summed E-state index contributed by atoms with van der Waals surface area (Å²) in [7, 11) is 0. The number of carbonyl (C=O) groups excluding carboxylic acids is 1. The normalized spacial score (nSPS) is 18.1. The summed E-state index contributed by atoms with van der Waals surface area (Å²) in [5.41, 5.74) is 3.19. The lowest BCUT2D eigenvalue weighted by molar-refractivity contribution is -0.122. The molecule has 0 aliphatic carbocycles. The summed E-state index contributed by atoms with van der Waals surface area (Å²) in [5.74, 6) is 0.0974. The summed E-state index contributed by atoms with van der Waals surface area (Å²) < 4.78 is 0. The van der Waals surface area contributed by atoms with Gasteiger partial charge in [0, 0.05) is 12.7 Å². The second-order valence-corrected chi connectivity index (χ2v) is 5.03. The molecule has 1 atom stereocenters. The van der Waals surface area contributed by atoms with Gasteiger partial charge in [-0.25, -0.2) is 0 Å². The number of H-pyrrole nitrogens is 1. The van der Waals surface area contributed by atoms with Gasteiger partial charge >= 0.3 is 0 Å². The number of nitrogens with zero attached hydrogens (tertiary/aromatic N) is 1. The lowest BCUT2D eigenvalue weighted by atomic mass is 10.1. The van der Waals surface area contributed by atoms with Gasteiger partial charge in [0.25, 0.3) is 0 Å². The van der Waals surface area contributed by atoms with Crippen LogP contribution in [0, 0.1) is 0 Å². The third-order valence-electron chi connectivity index (χ3n) is 3.61. The summed E-state index contributed by atoms with van der Waals surface area (Å²) in [6, 6.07) is 10.0. The van der Waals surface area contributed by atoms with E-state index in [-0.39, 0.29) is 11.9 Å². The highest BCUT2D eigenvalue weighted by atomic mass is 16.2. The number of aromatic nitrogens is 2. The molecule has 1 aromatic carbocycles. The van der Waals surface area contributed by atoms with Gasteiger partial charge < -0.3 is 10.6 Å². The number of aromatic amines is 1. The average Bonchev–Trinajstić information content (AvgIpc) is 3.18. The van der Waals surface area contributed by atoms with Crippen LogP contribution in [-0.4, -0.2) is 28.7 Å². The van der Waals surface area contributed by atoms with Crippen LogP contribution in [0.25, 0.3) is 11.3 Å². The first-order valence-corrected chi connectivity index (χ1v) is 6.93. The molecule has 0 radical (unpaired) electrons. The molecule has 3 N–H and O–H groups in total. The van der Waals surface area contributed by atoms with E-state index < -0.39 is 0 Å². The van der Waals surface area contributed by atoms with Gasteiger partial charge in [0.1, 0.15) is 0 Å². The molecule has 2 heterocycles. The van der Waals surface area contributed by atoms with Gasteiger partial charge in [0.05, 0.1) is 11.7 Å². The molecule has 0 bridgehead atoms. The topological polar surface area (TPSA) is 69.8 Å². The number of nitrogens with one attached hydrogen (secondary N) is 3. The van der Waals surface area contributed by atoms with E-state index >= 15 is 0 Å². The Morgan fingerprint density at radius 2 is 2.15 bits per heavy atom. The highest BCUT2D eigenvalue weighted by Crippen LogP contribution is 2.16. The van der Waals surface area contributed by atoms with Gasteiger partial charge in [-0.2, -0.15) is 5.10 Å². The molecule has 1 fully saturated rings. The van der Waals surface area contributed by atoms with Crippen LogP contribution in [0.4, 0.5) is 0 Å². The molecular weight excluding hydrogens is 252 g/mol. The monoisotopic (exact) mass is 270 g/mol. The van der Waals surface area contributed by atoms with Crippen LogP contribution in [-0.2, 0) is 11.3 Å². The Labute approximate surface area is 117 Å². The number of benzene rings is 1. The van der Waals surface area contributed by atoms with Gasteiger partial charge in [-0.15, -0.1) is 0 Å². The first-order valence-electron chi connectivity index (χ1n) is 6.93. The minimum Gasteiger partial charge on any atom is -0.351 e. The Balaban J connectivity index is 1.57. The molecule has 0 saturated carbocycles. The SMILES string of the molecule is O=C(NCc1ccc(-c2ccn[nH]2)cc1)C1CCCN1. The molecule has 1 unspecified atom stereocenters. The molecule has 1 amide bonds. The summed E-state index contributed by atoms with van der Waals surface area (Å²) in [6.07, 6.45) is 3.75. The van der Waals surface area contributed by atoms with E-state index in [9.17, 15) is 4.79 Å². The van der Waals surface area contributed by atoms with Crippen molar-refractivity contribution in [1.82, 2.24) is 20.8 Å². The fraction of sp³-hybridized carbons (Fsp3) is 0.333. The van der Waals surface area contributed by atoms with Gasteiger partial charge in [-0.05, 0) is 36.6 Å². The first kappa shape index (κ1) is 12.9. The lowest BCUT2D eigenvalue weighted by Gasteiger charge is -2.11. The maximum absolute atomic E-state index is 11.9. The molecular formula is C15H18N4O. The van der Waals surface area contributed by atoms with Crippen molar-refractivity contribution in [2.24, 2.45) is 0 Å². The standard InChI is InChI=1S/C15H18N4O/c20-15(14-2-1-8-16-14)17-10-11-3-5-12(6-4-11)13-7-9-18-19-13/h3-7,9,14,16H,1-2,8,10H2,(H,17,20)(H,18,19). The Bertz CT molecular complexity index is 556. The van der Waals surface area contributed by atoms with Crippen LogP contribution in [0.5, 0.6) is 0 Å². The van der Waals surface area contributed by atoms with Crippen molar-refractivity contribution in [3.63, 3.8) is 0 Å². The Morgan fingerprint density at radius 1 is 1.30 bits per heavy atom. The minimum absolute atomic E-state index is 0.0146. The van der Waals surface area contributed by atoms with Crippen LogP contribution in [0.3, 0.4) is 0 Å². The summed E-state index contributed by atoms with van der Waals surface area (Å²) in [5, 5.41) is 13.0. The van der Waals surface area contributed by atoms with Crippen LogP contribution in [0.15, 0.2) is 36.5 Å². The molecule has 1 aliphatic heterocycles. The van der Waals surface area contributed by atoms with Crippen molar-refractivity contribution in [1.29, 1.82) is 0 Å². The van der Waals surface area contributed by atoms with Gasteiger partial charge in [-0.3, -0.25) is 9.89 Å². The molecule has 20 heavy (non-hydrogen) atoms. The zero-order valence-corrected chi connectivity index (χ0v) is 11.2. The van der Waals surface area contributed by atoms with E-state index in [2.05, 4.69) is 20.8 Å². The molecule has 104 valence electrons. The van der Waals surface area contributed by atoms with Crippen LogP contribution < -0.4 is 10.6 Å². The number of rotatable bonds is 4. The maximum Gasteiger partial charge on any atom is 0.237 e. The third kappa shape index (κ3) is 2.88. The van der Waals surface area contributed by atoms with Crippen molar-refractivity contribution in [2.75, 3.05) is 6.54 Å². The van der Waals surface area contributed by atoms with Crippen molar-refractivity contribution in [2.45, 2.75) is 25.4 Å². The Hall–Kier alpha value is -2.14. The number of hydrogen-bond acceptors (Lipinski definition) is 3. The molecule has 1 aliphatic rings. The van der Waals surface area contributed by atoms with E-state index in [0.717, 1.165) is 36.2 Å². The summed E-state index contributed by atoms with van der Waals surface area (Å²) >= 11 is 0. The maximum atomic E-state index is 11.9. The van der Waals surface area contributed by atoms with E-state index in [4.69, 9.17) is 0 Å². The predicted octanol–water partition coefficient (Wildman–Crippen LogP) is 1.44. The zero-order valence-electron chi connectivity index (χ0n) is 11.2. The second kappa shape index (κ2) is 5.88. The second-order valence-electron chi connectivity index (χ2n) is 5.03.